The fourth-order valence-corrected chi connectivity index (χ4v) is 3.94. The number of aliphatic hydroxyl groups excluding tert-OH is 3. The summed E-state index contributed by atoms with van der Waals surface area (Å²) < 4.78 is 0.390. The van der Waals surface area contributed by atoms with E-state index in [1.54, 1.807) is 0 Å². The number of hydrogen-bond acceptors (Lipinski definition) is 5. The molecule has 1 rings (SSSR count). The molecule has 1 fully saturated rings. The number of hydrogen-bond donors (Lipinski definition) is 3. The topological polar surface area (TPSA) is 60.7 Å². The lowest BCUT2D eigenvalue weighted by Gasteiger charge is -2.17. The van der Waals surface area contributed by atoms with E-state index in [2.05, 4.69) is 0 Å². The zero-order valence-corrected chi connectivity index (χ0v) is 8.35. The monoisotopic (exact) mass is 210 g/mol. The van der Waals surface area contributed by atoms with Crippen molar-refractivity contribution in [2.75, 3.05) is 18.1 Å². The average Bonchev–Trinajstić information content (AvgIpc) is 2.55. The number of aliphatic hydroxyl groups is 3. The maximum Gasteiger partial charge on any atom is 0.103 e. The van der Waals surface area contributed by atoms with E-state index in [0.29, 0.717) is 11.0 Å². The molecule has 1 aliphatic rings. The van der Waals surface area contributed by atoms with E-state index in [-0.39, 0.29) is 6.61 Å². The van der Waals surface area contributed by atoms with Crippen molar-refractivity contribution in [2.45, 2.75) is 23.2 Å². The van der Waals surface area contributed by atoms with E-state index in [0.717, 1.165) is 11.5 Å². The van der Waals surface area contributed by atoms with Crippen LogP contribution < -0.4 is 0 Å². The third-order valence-corrected chi connectivity index (χ3v) is 4.84. The van der Waals surface area contributed by atoms with Crippen molar-refractivity contribution < 1.29 is 15.3 Å². The predicted molar refractivity (Wildman–Crippen MR) is 52.4 cm³/mol. The summed E-state index contributed by atoms with van der Waals surface area (Å²) in [6, 6.07) is 0. The van der Waals surface area contributed by atoms with Crippen LogP contribution in [0.1, 0.15) is 6.42 Å². The molecule has 0 saturated carbocycles. The predicted octanol–water partition coefficient (Wildman–Crippen LogP) is -0.103. The van der Waals surface area contributed by atoms with Gasteiger partial charge in [-0.05, 0) is 6.42 Å². The van der Waals surface area contributed by atoms with Crippen LogP contribution in [0.3, 0.4) is 0 Å². The van der Waals surface area contributed by atoms with E-state index in [1.807, 2.05) is 23.5 Å². The first kappa shape index (κ1) is 10.7. The molecule has 0 aliphatic carbocycles. The second-order valence-electron chi connectivity index (χ2n) is 2.72. The Labute approximate surface area is 80.6 Å². The van der Waals surface area contributed by atoms with Crippen LogP contribution >= 0.6 is 23.5 Å². The Bertz CT molecular complexity index is 128. The van der Waals surface area contributed by atoms with Gasteiger partial charge in [0.05, 0.1) is 17.3 Å². The molecule has 0 aromatic rings. The summed E-state index contributed by atoms with van der Waals surface area (Å²) >= 11 is 3.62. The summed E-state index contributed by atoms with van der Waals surface area (Å²) in [6.07, 6.45) is -1.19. The number of thioether (sulfide) groups is 2. The zero-order valence-electron chi connectivity index (χ0n) is 6.72. The van der Waals surface area contributed by atoms with Crippen molar-refractivity contribution in [1.82, 2.24) is 0 Å². The fraction of sp³-hybridized carbons (Fsp3) is 1.00. The molecule has 0 amide bonds. The van der Waals surface area contributed by atoms with Crippen LogP contribution in [-0.2, 0) is 0 Å². The van der Waals surface area contributed by atoms with Gasteiger partial charge in [0, 0.05) is 11.5 Å². The second-order valence-corrected chi connectivity index (χ2v) is 5.64. The van der Waals surface area contributed by atoms with Crippen molar-refractivity contribution in [3.63, 3.8) is 0 Å². The van der Waals surface area contributed by atoms with Gasteiger partial charge < -0.3 is 15.3 Å². The lowest BCUT2D eigenvalue weighted by molar-refractivity contribution is -0.0154. The van der Waals surface area contributed by atoms with E-state index in [9.17, 15) is 5.11 Å². The van der Waals surface area contributed by atoms with Crippen molar-refractivity contribution in [2.24, 2.45) is 0 Å². The lowest BCUT2D eigenvalue weighted by atomic mass is 10.2. The average molecular weight is 210 g/mol. The van der Waals surface area contributed by atoms with Gasteiger partial charge in [-0.25, -0.2) is 0 Å². The number of rotatable bonds is 4. The summed E-state index contributed by atoms with van der Waals surface area (Å²) in [5.41, 5.74) is 0. The standard InChI is InChI=1S/C7H14O3S2/c8-4-6(10)5(9)3-7-11-1-2-12-7/h5-10H,1-4H2/t5-,6-/m1/s1. The molecule has 2 atom stereocenters. The van der Waals surface area contributed by atoms with Crippen molar-refractivity contribution in [3.8, 4) is 0 Å². The first-order chi connectivity index (χ1) is 5.74. The third kappa shape index (κ3) is 3.14. The van der Waals surface area contributed by atoms with Crippen LogP contribution in [0.2, 0.25) is 0 Å². The molecule has 12 heavy (non-hydrogen) atoms. The molecule has 0 bridgehead atoms. The van der Waals surface area contributed by atoms with Crippen LogP contribution in [0.15, 0.2) is 0 Å². The first-order valence-corrected chi connectivity index (χ1v) is 6.04. The van der Waals surface area contributed by atoms with Crippen LogP contribution in [0, 0.1) is 0 Å². The normalized spacial score (nSPS) is 24.2. The molecule has 1 heterocycles. The van der Waals surface area contributed by atoms with E-state index < -0.39 is 12.2 Å². The Morgan fingerprint density at radius 1 is 1.17 bits per heavy atom. The molecule has 5 heteroatoms. The maximum atomic E-state index is 9.34. The van der Waals surface area contributed by atoms with Gasteiger partial charge in [-0.1, -0.05) is 0 Å². The third-order valence-electron chi connectivity index (χ3n) is 1.76. The summed E-state index contributed by atoms with van der Waals surface area (Å²) in [6.45, 7) is -0.358. The molecule has 72 valence electrons. The molecule has 0 aromatic carbocycles. The van der Waals surface area contributed by atoms with Crippen LogP contribution in [-0.4, -0.2) is 50.2 Å². The molecular weight excluding hydrogens is 196 g/mol. The van der Waals surface area contributed by atoms with E-state index >= 15 is 0 Å². The summed E-state index contributed by atoms with van der Waals surface area (Å²) in [5, 5.41) is 27.0. The Kier molecular flexibility index (Phi) is 4.74. The molecule has 1 saturated heterocycles. The Hall–Kier alpha value is 0.580. The Morgan fingerprint density at radius 3 is 2.25 bits per heavy atom. The van der Waals surface area contributed by atoms with Gasteiger partial charge in [-0.15, -0.1) is 23.5 Å². The zero-order chi connectivity index (χ0) is 8.97. The van der Waals surface area contributed by atoms with Crippen LogP contribution in [0.4, 0.5) is 0 Å². The Balaban J connectivity index is 2.19. The van der Waals surface area contributed by atoms with Gasteiger partial charge in [-0.2, -0.15) is 0 Å². The minimum absolute atomic E-state index is 0.358. The Morgan fingerprint density at radius 2 is 1.75 bits per heavy atom. The van der Waals surface area contributed by atoms with Crippen LogP contribution in [0.5, 0.6) is 0 Å². The van der Waals surface area contributed by atoms with E-state index in [4.69, 9.17) is 10.2 Å². The highest BCUT2D eigenvalue weighted by Gasteiger charge is 2.23. The van der Waals surface area contributed by atoms with Gasteiger partial charge in [0.25, 0.3) is 0 Å². The highest BCUT2D eigenvalue weighted by atomic mass is 32.2. The van der Waals surface area contributed by atoms with E-state index in [1.165, 1.54) is 0 Å². The SMILES string of the molecule is OC[C@@H](O)[C@H](O)CC1SCCS1. The minimum atomic E-state index is -0.980. The van der Waals surface area contributed by atoms with Crippen molar-refractivity contribution in [1.29, 1.82) is 0 Å². The van der Waals surface area contributed by atoms with Gasteiger partial charge in [0.1, 0.15) is 6.10 Å². The summed E-state index contributed by atoms with van der Waals surface area (Å²) in [5.74, 6) is 2.24. The molecule has 1 aliphatic heterocycles. The molecular formula is C7H14O3S2. The quantitative estimate of drug-likeness (QED) is 0.605. The molecule has 0 radical (unpaired) electrons. The summed E-state index contributed by atoms with van der Waals surface area (Å²) in [4.78, 5) is 0. The van der Waals surface area contributed by atoms with Gasteiger partial charge in [0.15, 0.2) is 0 Å². The van der Waals surface area contributed by atoms with Gasteiger partial charge in [0.2, 0.25) is 0 Å². The fourth-order valence-electron chi connectivity index (χ4n) is 1.02. The first-order valence-electron chi connectivity index (χ1n) is 3.94. The minimum Gasteiger partial charge on any atom is -0.394 e. The van der Waals surface area contributed by atoms with Crippen molar-refractivity contribution >= 4 is 23.5 Å². The molecule has 3 nitrogen and oxygen atoms in total. The van der Waals surface area contributed by atoms with Gasteiger partial charge in [-0.3, -0.25) is 0 Å². The van der Waals surface area contributed by atoms with Crippen molar-refractivity contribution in [3.05, 3.63) is 0 Å². The largest absolute Gasteiger partial charge is 0.394 e. The highest BCUT2D eigenvalue weighted by molar-refractivity contribution is 8.20. The van der Waals surface area contributed by atoms with Crippen LogP contribution in [0.25, 0.3) is 0 Å². The smallest absolute Gasteiger partial charge is 0.103 e. The molecule has 0 spiro atoms. The maximum absolute atomic E-state index is 9.34. The second kappa shape index (κ2) is 5.34. The van der Waals surface area contributed by atoms with Gasteiger partial charge >= 0.3 is 0 Å². The molecule has 0 aromatic heterocycles. The summed E-state index contributed by atoms with van der Waals surface area (Å²) in [7, 11) is 0. The molecule has 3 N–H and O–H groups in total. The molecule has 0 unspecified atom stereocenters. The highest BCUT2D eigenvalue weighted by Crippen LogP contribution is 2.35. The lowest BCUT2D eigenvalue weighted by Crippen LogP contribution is -2.30.